The Balaban J connectivity index is 2.24. The Kier molecular flexibility index (Phi) is 4.91. The fraction of sp³-hybridized carbons (Fsp3) is 0.333. The van der Waals surface area contributed by atoms with Crippen molar-refractivity contribution in [2.45, 2.75) is 26.7 Å². The molecule has 1 heterocycles. The molecule has 2 aromatic rings. The number of ether oxygens (including phenoxy) is 1. The quantitative estimate of drug-likeness (QED) is 0.772. The Morgan fingerprint density at radius 1 is 1.11 bits per heavy atom. The Hall–Kier alpha value is -1.42. The molecule has 0 spiro atoms. The first-order chi connectivity index (χ1) is 9.22. The molecular weight excluding hydrogens is 304 g/mol. The second kappa shape index (κ2) is 6.66. The number of nitrogens with zero attached hydrogens (tertiary/aromatic N) is 2. The lowest BCUT2D eigenvalue weighted by molar-refractivity contribution is 0.317. The lowest BCUT2D eigenvalue weighted by Gasteiger charge is -2.07. The molecule has 0 aliphatic carbocycles. The highest BCUT2D eigenvalue weighted by molar-refractivity contribution is 9.10. The van der Waals surface area contributed by atoms with E-state index in [1.807, 2.05) is 37.3 Å². The van der Waals surface area contributed by atoms with Crippen LogP contribution >= 0.6 is 15.9 Å². The third kappa shape index (κ3) is 3.77. The maximum atomic E-state index is 5.57. The van der Waals surface area contributed by atoms with E-state index >= 15 is 0 Å². The van der Waals surface area contributed by atoms with Crippen LogP contribution in [-0.2, 0) is 6.42 Å². The normalized spacial score (nSPS) is 10.5. The molecule has 0 radical (unpaired) electrons. The third-order valence-electron chi connectivity index (χ3n) is 2.68. The van der Waals surface area contributed by atoms with Gasteiger partial charge in [-0.3, -0.25) is 0 Å². The Bertz CT molecular complexity index is 540. The second-order valence-corrected chi connectivity index (χ2v) is 5.03. The van der Waals surface area contributed by atoms with Crippen LogP contribution in [0.5, 0.6) is 5.75 Å². The van der Waals surface area contributed by atoms with Crippen LogP contribution in [0.4, 0.5) is 0 Å². The Morgan fingerprint density at radius 2 is 1.84 bits per heavy atom. The third-order valence-corrected chi connectivity index (χ3v) is 3.09. The minimum Gasteiger partial charge on any atom is -0.494 e. The highest BCUT2D eigenvalue weighted by Gasteiger charge is 2.04. The van der Waals surface area contributed by atoms with Crippen LogP contribution in [0.1, 0.15) is 26.1 Å². The zero-order chi connectivity index (χ0) is 13.7. The lowest BCUT2D eigenvalue weighted by atomic mass is 10.1. The number of hydrogen-bond acceptors (Lipinski definition) is 3. The zero-order valence-electron chi connectivity index (χ0n) is 11.2. The number of aromatic nitrogens is 2. The standard InChI is InChI=1S/C15H17BrN2O/c1-3-9-19-12-7-5-11(6-8-12)13-10-14(16)18-15(4-2)17-13/h5-8,10H,3-4,9H2,1-2H3. The van der Waals surface area contributed by atoms with E-state index in [9.17, 15) is 0 Å². The zero-order valence-corrected chi connectivity index (χ0v) is 12.8. The van der Waals surface area contributed by atoms with Crippen LogP contribution in [0.15, 0.2) is 34.9 Å². The van der Waals surface area contributed by atoms with Crippen LogP contribution in [0.25, 0.3) is 11.3 Å². The molecule has 0 aliphatic rings. The van der Waals surface area contributed by atoms with Crippen molar-refractivity contribution in [3.63, 3.8) is 0 Å². The molecule has 0 N–H and O–H groups in total. The molecule has 1 aromatic heterocycles. The van der Waals surface area contributed by atoms with E-state index in [1.54, 1.807) is 0 Å². The maximum absolute atomic E-state index is 5.57. The van der Waals surface area contributed by atoms with E-state index in [1.165, 1.54) is 0 Å². The summed E-state index contributed by atoms with van der Waals surface area (Å²) in [5.74, 6) is 1.74. The molecule has 4 heteroatoms. The van der Waals surface area contributed by atoms with Crippen LogP contribution in [-0.4, -0.2) is 16.6 Å². The van der Waals surface area contributed by atoms with Crippen LogP contribution in [0.3, 0.4) is 0 Å². The molecule has 0 saturated heterocycles. The summed E-state index contributed by atoms with van der Waals surface area (Å²) in [6.07, 6.45) is 1.84. The predicted octanol–water partition coefficient (Wildman–Crippen LogP) is 4.26. The van der Waals surface area contributed by atoms with E-state index in [2.05, 4.69) is 32.8 Å². The lowest BCUT2D eigenvalue weighted by Crippen LogP contribution is -1.96. The topological polar surface area (TPSA) is 35.0 Å². The molecule has 0 bridgehead atoms. The minimum absolute atomic E-state index is 0.748. The summed E-state index contributed by atoms with van der Waals surface area (Å²) in [4.78, 5) is 8.85. The number of hydrogen-bond donors (Lipinski definition) is 0. The molecule has 1 aromatic carbocycles. The van der Waals surface area contributed by atoms with Gasteiger partial charge in [0.15, 0.2) is 0 Å². The number of halogens is 1. The average molecular weight is 321 g/mol. The first kappa shape index (κ1) is 14.0. The number of aryl methyl sites for hydroxylation is 1. The predicted molar refractivity (Wildman–Crippen MR) is 80.3 cm³/mol. The molecule has 0 fully saturated rings. The van der Waals surface area contributed by atoms with Gasteiger partial charge >= 0.3 is 0 Å². The van der Waals surface area contributed by atoms with E-state index in [4.69, 9.17) is 4.74 Å². The number of rotatable bonds is 5. The Morgan fingerprint density at radius 3 is 2.47 bits per heavy atom. The largest absolute Gasteiger partial charge is 0.494 e. The molecule has 2 rings (SSSR count). The van der Waals surface area contributed by atoms with Crippen molar-refractivity contribution in [1.82, 2.24) is 9.97 Å². The fourth-order valence-corrected chi connectivity index (χ4v) is 2.13. The molecule has 0 saturated carbocycles. The Labute approximate surface area is 122 Å². The summed E-state index contributed by atoms with van der Waals surface area (Å²) in [7, 11) is 0. The molecule has 0 amide bonds. The van der Waals surface area contributed by atoms with Crippen LogP contribution in [0, 0.1) is 0 Å². The molecule has 0 aliphatic heterocycles. The van der Waals surface area contributed by atoms with Crippen LogP contribution < -0.4 is 4.74 Å². The van der Waals surface area contributed by atoms with Crippen LogP contribution in [0.2, 0.25) is 0 Å². The van der Waals surface area contributed by atoms with Gasteiger partial charge in [-0.2, -0.15) is 0 Å². The summed E-state index contributed by atoms with van der Waals surface area (Å²) < 4.78 is 6.39. The minimum atomic E-state index is 0.748. The average Bonchev–Trinajstić information content (AvgIpc) is 2.45. The van der Waals surface area contributed by atoms with Crippen molar-refractivity contribution in [3.05, 3.63) is 40.8 Å². The van der Waals surface area contributed by atoms with E-state index in [-0.39, 0.29) is 0 Å². The SMILES string of the molecule is CCCOc1ccc(-c2cc(Br)nc(CC)n2)cc1. The van der Waals surface area contributed by atoms with E-state index < -0.39 is 0 Å². The smallest absolute Gasteiger partial charge is 0.130 e. The van der Waals surface area contributed by atoms with Crippen molar-refractivity contribution in [3.8, 4) is 17.0 Å². The number of benzene rings is 1. The van der Waals surface area contributed by atoms with Crippen molar-refractivity contribution in [2.24, 2.45) is 0 Å². The van der Waals surface area contributed by atoms with Gasteiger partial charge in [-0.05, 0) is 52.7 Å². The molecule has 0 unspecified atom stereocenters. The van der Waals surface area contributed by atoms with Gasteiger partial charge in [-0.15, -0.1) is 0 Å². The first-order valence-electron chi connectivity index (χ1n) is 6.49. The summed E-state index contributed by atoms with van der Waals surface area (Å²) in [6.45, 7) is 4.89. The van der Waals surface area contributed by atoms with Gasteiger partial charge in [0.2, 0.25) is 0 Å². The highest BCUT2D eigenvalue weighted by Crippen LogP contribution is 2.23. The molecule has 0 atom stereocenters. The summed E-state index contributed by atoms with van der Waals surface area (Å²) in [5.41, 5.74) is 2.00. The molecular formula is C15H17BrN2O. The second-order valence-electron chi connectivity index (χ2n) is 4.22. The van der Waals surface area contributed by atoms with Crippen molar-refractivity contribution in [1.29, 1.82) is 0 Å². The van der Waals surface area contributed by atoms with Gasteiger partial charge in [-0.1, -0.05) is 13.8 Å². The van der Waals surface area contributed by atoms with Gasteiger partial charge < -0.3 is 4.74 Å². The maximum Gasteiger partial charge on any atom is 0.130 e. The molecule has 3 nitrogen and oxygen atoms in total. The van der Waals surface area contributed by atoms with E-state index in [0.29, 0.717) is 0 Å². The van der Waals surface area contributed by atoms with Crippen molar-refractivity contribution < 1.29 is 4.74 Å². The molecule has 19 heavy (non-hydrogen) atoms. The molecule has 100 valence electrons. The summed E-state index contributed by atoms with van der Waals surface area (Å²) in [6, 6.07) is 9.94. The summed E-state index contributed by atoms with van der Waals surface area (Å²) >= 11 is 3.42. The highest BCUT2D eigenvalue weighted by atomic mass is 79.9. The van der Waals surface area contributed by atoms with Gasteiger partial charge in [-0.25, -0.2) is 9.97 Å². The van der Waals surface area contributed by atoms with Gasteiger partial charge in [0.1, 0.15) is 16.2 Å². The van der Waals surface area contributed by atoms with E-state index in [0.717, 1.165) is 46.9 Å². The first-order valence-corrected chi connectivity index (χ1v) is 7.29. The summed E-state index contributed by atoms with van der Waals surface area (Å²) in [5, 5.41) is 0. The van der Waals surface area contributed by atoms with Crippen molar-refractivity contribution in [2.75, 3.05) is 6.61 Å². The van der Waals surface area contributed by atoms with Gasteiger partial charge in [0.25, 0.3) is 0 Å². The monoisotopic (exact) mass is 320 g/mol. The van der Waals surface area contributed by atoms with Gasteiger partial charge in [0, 0.05) is 12.0 Å². The van der Waals surface area contributed by atoms with Gasteiger partial charge in [0.05, 0.1) is 12.3 Å². The van der Waals surface area contributed by atoms with Crippen molar-refractivity contribution >= 4 is 15.9 Å². The fourth-order valence-electron chi connectivity index (χ4n) is 1.71.